The molecular formula is C14H21N2+. The quantitative estimate of drug-likeness (QED) is 0.762. The van der Waals surface area contributed by atoms with Gasteiger partial charge in [0, 0.05) is 24.2 Å². The third kappa shape index (κ3) is 1.86. The summed E-state index contributed by atoms with van der Waals surface area (Å²) in [5, 5.41) is 2.51. The Morgan fingerprint density at radius 1 is 1.12 bits per heavy atom. The van der Waals surface area contributed by atoms with E-state index in [4.69, 9.17) is 0 Å². The Hall–Kier alpha value is -0.890. The van der Waals surface area contributed by atoms with Crippen LogP contribution in [0.5, 0.6) is 0 Å². The maximum Gasteiger partial charge on any atom is 0.0814 e. The molecule has 0 radical (unpaired) electrons. The molecule has 1 spiro atoms. The summed E-state index contributed by atoms with van der Waals surface area (Å²) in [4.78, 5) is 4.11. The first-order chi connectivity index (χ1) is 7.88. The highest BCUT2D eigenvalue weighted by Crippen LogP contribution is 2.44. The van der Waals surface area contributed by atoms with E-state index in [2.05, 4.69) is 22.4 Å². The predicted molar refractivity (Wildman–Crippen MR) is 64.2 cm³/mol. The second kappa shape index (κ2) is 4.17. The Morgan fingerprint density at radius 3 is 2.50 bits per heavy atom. The average molecular weight is 217 g/mol. The van der Waals surface area contributed by atoms with E-state index in [1.165, 1.54) is 50.8 Å². The van der Waals surface area contributed by atoms with Crippen molar-refractivity contribution < 1.29 is 5.32 Å². The lowest BCUT2D eigenvalue weighted by molar-refractivity contribution is -0.641. The first-order valence-electron chi connectivity index (χ1n) is 6.60. The Labute approximate surface area is 97.5 Å². The highest BCUT2D eigenvalue weighted by atomic mass is 14.9. The summed E-state index contributed by atoms with van der Waals surface area (Å²) < 4.78 is 0. The van der Waals surface area contributed by atoms with Gasteiger partial charge in [0.15, 0.2) is 0 Å². The Morgan fingerprint density at radius 2 is 1.88 bits per heavy atom. The van der Waals surface area contributed by atoms with Crippen molar-refractivity contribution in [2.75, 3.05) is 13.1 Å². The molecule has 1 aliphatic heterocycles. The van der Waals surface area contributed by atoms with E-state index in [0.717, 1.165) is 5.92 Å². The first kappa shape index (κ1) is 10.3. The van der Waals surface area contributed by atoms with Crippen LogP contribution in [0.1, 0.15) is 43.6 Å². The second-order valence-electron chi connectivity index (χ2n) is 5.59. The van der Waals surface area contributed by atoms with Gasteiger partial charge < -0.3 is 5.32 Å². The molecule has 2 heteroatoms. The van der Waals surface area contributed by atoms with Crippen molar-refractivity contribution >= 4 is 0 Å². The SMILES string of the molecule is c1cc(C2CCC3(CC[NH2+]C3)CC2)ccn1. The molecule has 1 aromatic heterocycles. The normalized spacial score (nSPS) is 34.4. The zero-order chi connectivity index (χ0) is 10.8. The fraction of sp³-hybridized carbons (Fsp3) is 0.643. The van der Waals surface area contributed by atoms with Crippen molar-refractivity contribution in [3.05, 3.63) is 30.1 Å². The van der Waals surface area contributed by atoms with Crippen LogP contribution in [0, 0.1) is 5.41 Å². The summed E-state index contributed by atoms with van der Waals surface area (Å²) >= 11 is 0. The average Bonchev–Trinajstić information content (AvgIpc) is 2.80. The lowest BCUT2D eigenvalue weighted by Crippen LogP contribution is -2.82. The van der Waals surface area contributed by atoms with Crippen LogP contribution in [0.15, 0.2) is 24.5 Å². The molecule has 0 unspecified atom stereocenters. The minimum Gasteiger partial charge on any atom is -0.346 e. The molecule has 0 amide bonds. The molecule has 1 saturated carbocycles. The third-order valence-corrected chi connectivity index (χ3v) is 4.68. The highest BCUT2D eigenvalue weighted by molar-refractivity contribution is 5.16. The number of rotatable bonds is 1. The van der Waals surface area contributed by atoms with E-state index in [9.17, 15) is 0 Å². The van der Waals surface area contributed by atoms with Crippen LogP contribution in [-0.2, 0) is 0 Å². The summed E-state index contributed by atoms with van der Waals surface area (Å²) in [6.45, 7) is 2.75. The molecule has 2 nitrogen and oxygen atoms in total. The molecule has 1 saturated heterocycles. The number of aromatic nitrogens is 1. The fourth-order valence-electron chi connectivity index (χ4n) is 3.57. The number of pyridine rings is 1. The molecule has 2 fully saturated rings. The molecule has 16 heavy (non-hydrogen) atoms. The van der Waals surface area contributed by atoms with Crippen LogP contribution >= 0.6 is 0 Å². The van der Waals surface area contributed by atoms with Crippen molar-refractivity contribution in [2.45, 2.75) is 38.0 Å². The standard InChI is InChI=1S/C14H20N2/c1-5-14(7-10-16-11-14)6-2-12(1)13-3-8-15-9-4-13/h3-4,8-9,12,16H,1-2,5-7,10-11H2/p+1. The molecule has 0 bridgehead atoms. The number of nitrogens with two attached hydrogens (primary N) is 1. The van der Waals surface area contributed by atoms with Crippen molar-refractivity contribution in [3.8, 4) is 0 Å². The van der Waals surface area contributed by atoms with E-state index in [1.807, 2.05) is 12.4 Å². The van der Waals surface area contributed by atoms with Crippen LogP contribution in [0.25, 0.3) is 0 Å². The van der Waals surface area contributed by atoms with Gasteiger partial charge in [-0.15, -0.1) is 0 Å². The Bertz CT molecular complexity index is 331. The maximum absolute atomic E-state index is 4.11. The minimum absolute atomic E-state index is 0.712. The van der Waals surface area contributed by atoms with Gasteiger partial charge in [-0.1, -0.05) is 0 Å². The number of quaternary nitrogens is 1. The molecule has 2 N–H and O–H groups in total. The molecule has 86 valence electrons. The van der Waals surface area contributed by atoms with E-state index < -0.39 is 0 Å². The molecular weight excluding hydrogens is 196 g/mol. The molecule has 1 aliphatic carbocycles. The molecule has 1 aromatic rings. The van der Waals surface area contributed by atoms with Crippen molar-refractivity contribution in [1.82, 2.24) is 4.98 Å². The zero-order valence-electron chi connectivity index (χ0n) is 9.86. The van der Waals surface area contributed by atoms with Gasteiger partial charge in [0.05, 0.1) is 13.1 Å². The smallest absolute Gasteiger partial charge is 0.0814 e. The lowest BCUT2D eigenvalue weighted by atomic mass is 9.68. The topological polar surface area (TPSA) is 29.5 Å². The predicted octanol–water partition coefficient (Wildman–Crippen LogP) is 1.69. The van der Waals surface area contributed by atoms with Gasteiger partial charge in [-0.25, -0.2) is 0 Å². The van der Waals surface area contributed by atoms with Crippen LogP contribution in [-0.4, -0.2) is 18.1 Å². The number of hydrogen-bond acceptors (Lipinski definition) is 1. The monoisotopic (exact) mass is 217 g/mol. The van der Waals surface area contributed by atoms with Gasteiger partial charge in [-0.3, -0.25) is 4.98 Å². The summed E-state index contributed by atoms with van der Waals surface area (Å²) in [6, 6.07) is 4.40. The van der Waals surface area contributed by atoms with E-state index >= 15 is 0 Å². The second-order valence-corrected chi connectivity index (χ2v) is 5.59. The fourth-order valence-corrected chi connectivity index (χ4v) is 3.57. The summed E-state index contributed by atoms with van der Waals surface area (Å²) in [5.41, 5.74) is 2.22. The van der Waals surface area contributed by atoms with Crippen molar-refractivity contribution in [1.29, 1.82) is 0 Å². The summed E-state index contributed by atoms with van der Waals surface area (Å²) in [7, 11) is 0. The molecule has 0 aromatic carbocycles. The van der Waals surface area contributed by atoms with E-state index in [0.29, 0.717) is 5.41 Å². The largest absolute Gasteiger partial charge is 0.346 e. The van der Waals surface area contributed by atoms with Gasteiger partial charge in [-0.2, -0.15) is 0 Å². The summed E-state index contributed by atoms with van der Waals surface area (Å²) in [5.74, 6) is 0.800. The van der Waals surface area contributed by atoms with Crippen molar-refractivity contribution in [2.24, 2.45) is 5.41 Å². The minimum atomic E-state index is 0.712. The van der Waals surface area contributed by atoms with Crippen LogP contribution in [0.2, 0.25) is 0 Å². The zero-order valence-corrected chi connectivity index (χ0v) is 9.86. The highest BCUT2D eigenvalue weighted by Gasteiger charge is 2.40. The number of hydrogen-bond donors (Lipinski definition) is 1. The van der Waals surface area contributed by atoms with Gasteiger partial charge in [0.2, 0.25) is 0 Å². The Kier molecular flexibility index (Phi) is 2.68. The maximum atomic E-state index is 4.11. The van der Waals surface area contributed by atoms with Crippen LogP contribution in [0.3, 0.4) is 0 Å². The van der Waals surface area contributed by atoms with E-state index in [-0.39, 0.29) is 0 Å². The van der Waals surface area contributed by atoms with Crippen LogP contribution < -0.4 is 5.32 Å². The Balaban J connectivity index is 1.66. The number of nitrogens with zero attached hydrogens (tertiary/aromatic N) is 1. The molecule has 2 aliphatic rings. The van der Waals surface area contributed by atoms with Gasteiger partial charge in [-0.05, 0) is 49.3 Å². The lowest BCUT2D eigenvalue weighted by Gasteiger charge is -2.35. The van der Waals surface area contributed by atoms with Gasteiger partial charge in [0.1, 0.15) is 0 Å². The van der Waals surface area contributed by atoms with E-state index in [1.54, 1.807) is 0 Å². The van der Waals surface area contributed by atoms with Gasteiger partial charge in [0.25, 0.3) is 0 Å². The first-order valence-corrected chi connectivity index (χ1v) is 6.60. The van der Waals surface area contributed by atoms with Crippen LogP contribution in [0.4, 0.5) is 0 Å². The third-order valence-electron chi connectivity index (χ3n) is 4.68. The molecule has 3 rings (SSSR count). The van der Waals surface area contributed by atoms with Crippen molar-refractivity contribution in [3.63, 3.8) is 0 Å². The molecule has 2 heterocycles. The molecule has 0 atom stereocenters. The van der Waals surface area contributed by atoms with Gasteiger partial charge >= 0.3 is 0 Å². The summed E-state index contributed by atoms with van der Waals surface area (Å²) in [6.07, 6.45) is 11.0.